The van der Waals surface area contributed by atoms with Crippen LogP contribution in [0.2, 0.25) is 0 Å². The molecular formula is C4H10F2N2. The Balaban J connectivity index is 2.72. The standard InChI is InChI=1S/C4H10F2N2/c5-4(6)3-8-2-1-7/h4,8H,1-3,7H2. The number of nitrogens with two attached hydrogens (primary N) is 1. The van der Waals surface area contributed by atoms with Gasteiger partial charge in [0, 0.05) is 13.1 Å². The van der Waals surface area contributed by atoms with Gasteiger partial charge in [-0.05, 0) is 0 Å². The highest BCUT2D eigenvalue weighted by Crippen LogP contribution is 1.85. The number of hydrogen-bond acceptors (Lipinski definition) is 2. The van der Waals surface area contributed by atoms with Crippen LogP contribution in [-0.2, 0) is 0 Å². The van der Waals surface area contributed by atoms with Crippen LogP contribution in [0.4, 0.5) is 8.78 Å². The van der Waals surface area contributed by atoms with E-state index in [0.29, 0.717) is 13.1 Å². The molecular weight excluding hydrogens is 114 g/mol. The van der Waals surface area contributed by atoms with Crippen LogP contribution in [-0.4, -0.2) is 26.1 Å². The Kier molecular flexibility index (Phi) is 4.79. The van der Waals surface area contributed by atoms with E-state index in [-0.39, 0.29) is 6.54 Å². The highest BCUT2D eigenvalue weighted by Gasteiger charge is 1.97. The van der Waals surface area contributed by atoms with E-state index in [2.05, 4.69) is 5.32 Å². The lowest BCUT2D eigenvalue weighted by Gasteiger charge is -1.98. The molecule has 0 unspecified atom stereocenters. The summed E-state index contributed by atoms with van der Waals surface area (Å²) in [5.41, 5.74) is 5.01. The van der Waals surface area contributed by atoms with Crippen LogP contribution >= 0.6 is 0 Å². The maximum atomic E-state index is 11.3. The summed E-state index contributed by atoms with van der Waals surface area (Å²) in [5, 5.41) is 2.46. The van der Waals surface area contributed by atoms with Crippen LogP contribution in [0.3, 0.4) is 0 Å². The van der Waals surface area contributed by atoms with E-state index >= 15 is 0 Å². The van der Waals surface area contributed by atoms with E-state index in [4.69, 9.17) is 5.73 Å². The maximum Gasteiger partial charge on any atom is 0.250 e. The molecule has 0 fully saturated rings. The summed E-state index contributed by atoms with van der Waals surface area (Å²) >= 11 is 0. The lowest BCUT2D eigenvalue weighted by Crippen LogP contribution is -2.26. The van der Waals surface area contributed by atoms with E-state index in [9.17, 15) is 8.78 Å². The summed E-state index contributed by atoms with van der Waals surface area (Å²) in [4.78, 5) is 0. The van der Waals surface area contributed by atoms with Crippen molar-refractivity contribution >= 4 is 0 Å². The Labute approximate surface area is 47.1 Å². The zero-order valence-corrected chi connectivity index (χ0v) is 4.53. The van der Waals surface area contributed by atoms with Crippen molar-refractivity contribution in [3.8, 4) is 0 Å². The molecule has 8 heavy (non-hydrogen) atoms. The molecule has 0 saturated heterocycles. The van der Waals surface area contributed by atoms with Gasteiger partial charge in [-0.1, -0.05) is 0 Å². The summed E-state index contributed by atoms with van der Waals surface area (Å²) < 4.78 is 22.5. The van der Waals surface area contributed by atoms with E-state index in [0.717, 1.165) is 0 Å². The first-order chi connectivity index (χ1) is 3.77. The lowest BCUT2D eigenvalue weighted by atomic mass is 10.6. The normalized spacial score (nSPS) is 10.5. The second kappa shape index (κ2) is 4.93. The zero-order chi connectivity index (χ0) is 6.41. The first-order valence-electron chi connectivity index (χ1n) is 2.46. The first kappa shape index (κ1) is 7.78. The topological polar surface area (TPSA) is 38.0 Å². The predicted octanol–water partition coefficient (Wildman–Crippen LogP) is -0.200. The quantitative estimate of drug-likeness (QED) is 0.509. The van der Waals surface area contributed by atoms with Crippen LogP contribution in [0.25, 0.3) is 0 Å². The van der Waals surface area contributed by atoms with Crippen molar-refractivity contribution in [2.45, 2.75) is 6.43 Å². The van der Waals surface area contributed by atoms with E-state index in [1.54, 1.807) is 0 Å². The Morgan fingerprint density at radius 3 is 2.50 bits per heavy atom. The molecule has 0 heterocycles. The van der Waals surface area contributed by atoms with Gasteiger partial charge in [0.25, 0.3) is 6.43 Å². The van der Waals surface area contributed by atoms with Crippen LogP contribution < -0.4 is 11.1 Å². The minimum atomic E-state index is -2.26. The number of nitrogens with one attached hydrogen (secondary N) is 1. The fourth-order valence-electron chi connectivity index (χ4n) is 0.313. The molecule has 0 amide bonds. The van der Waals surface area contributed by atoms with Gasteiger partial charge in [0.05, 0.1) is 6.54 Å². The van der Waals surface area contributed by atoms with Gasteiger partial charge in [0.1, 0.15) is 0 Å². The Morgan fingerprint density at radius 1 is 1.50 bits per heavy atom. The van der Waals surface area contributed by atoms with Gasteiger partial charge >= 0.3 is 0 Å². The van der Waals surface area contributed by atoms with Gasteiger partial charge < -0.3 is 11.1 Å². The van der Waals surface area contributed by atoms with Crippen molar-refractivity contribution in [1.29, 1.82) is 0 Å². The molecule has 2 nitrogen and oxygen atoms in total. The summed E-state index contributed by atoms with van der Waals surface area (Å²) in [6.07, 6.45) is -2.26. The molecule has 0 aromatic carbocycles. The number of hydrogen-bond donors (Lipinski definition) is 2. The van der Waals surface area contributed by atoms with Gasteiger partial charge in [-0.25, -0.2) is 8.78 Å². The second-order valence-corrected chi connectivity index (χ2v) is 1.38. The van der Waals surface area contributed by atoms with Crippen LogP contribution in [0.15, 0.2) is 0 Å². The molecule has 0 spiro atoms. The van der Waals surface area contributed by atoms with Gasteiger partial charge in [0.15, 0.2) is 0 Å². The third-order valence-electron chi connectivity index (χ3n) is 0.620. The molecule has 0 saturated carbocycles. The highest BCUT2D eigenvalue weighted by atomic mass is 19.3. The Hall–Kier alpha value is -0.220. The van der Waals surface area contributed by atoms with Crippen molar-refractivity contribution in [2.24, 2.45) is 5.73 Å². The van der Waals surface area contributed by atoms with E-state index < -0.39 is 6.43 Å². The van der Waals surface area contributed by atoms with E-state index in [1.807, 2.05) is 0 Å². The van der Waals surface area contributed by atoms with Gasteiger partial charge in [0.2, 0.25) is 0 Å². The summed E-state index contributed by atoms with van der Waals surface area (Å²) in [5.74, 6) is 0. The zero-order valence-electron chi connectivity index (χ0n) is 4.53. The minimum absolute atomic E-state index is 0.253. The smallest absolute Gasteiger partial charge is 0.250 e. The van der Waals surface area contributed by atoms with Crippen LogP contribution in [0, 0.1) is 0 Å². The predicted molar refractivity (Wildman–Crippen MR) is 27.9 cm³/mol. The third kappa shape index (κ3) is 5.78. The van der Waals surface area contributed by atoms with Gasteiger partial charge in [-0.3, -0.25) is 0 Å². The maximum absolute atomic E-state index is 11.3. The van der Waals surface area contributed by atoms with Crippen molar-refractivity contribution < 1.29 is 8.78 Å². The molecule has 0 radical (unpaired) electrons. The Morgan fingerprint density at radius 2 is 2.12 bits per heavy atom. The molecule has 0 aliphatic rings. The SMILES string of the molecule is NCCNCC(F)F. The molecule has 4 heteroatoms. The second-order valence-electron chi connectivity index (χ2n) is 1.38. The van der Waals surface area contributed by atoms with Gasteiger partial charge in [-0.2, -0.15) is 0 Å². The number of halogens is 2. The van der Waals surface area contributed by atoms with Gasteiger partial charge in [-0.15, -0.1) is 0 Å². The average molecular weight is 124 g/mol. The minimum Gasteiger partial charge on any atom is -0.329 e. The number of rotatable bonds is 4. The summed E-state index contributed by atoms with van der Waals surface area (Å²) in [7, 11) is 0. The Bertz CT molecular complexity index is 49.3. The molecule has 0 aromatic rings. The molecule has 3 N–H and O–H groups in total. The largest absolute Gasteiger partial charge is 0.329 e. The van der Waals surface area contributed by atoms with Crippen molar-refractivity contribution in [3.63, 3.8) is 0 Å². The summed E-state index contributed by atoms with van der Waals surface area (Å²) in [6, 6.07) is 0. The third-order valence-corrected chi connectivity index (χ3v) is 0.620. The molecule has 0 aliphatic heterocycles. The first-order valence-corrected chi connectivity index (χ1v) is 2.46. The fourth-order valence-corrected chi connectivity index (χ4v) is 0.313. The van der Waals surface area contributed by atoms with Crippen molar-refractivity contribution in [3.05, 3.63) is 0 Å². The molecule has 0 aromatic heterocycles. The lowest BCUT2D eigenvalue weighted by molar-refractivity contribution is 0.146. The molecule has 0 rings (SSSR count). The molecule has 0 aliphatic carbocycles. The van der Waals surface area contributed by atoms with Crippen LogP contribution in [0.5, 0.6) is 0 Å². The fraction of sp³-hybridized carbons (Fsp3) is 1.00. The van der Waals surface area contributed by atoms with Crippen LogP contribution in [0.1, 0.15) is 0 Å². The van der Waals surface area contributed by atoms with Crippen molar-refractivity contribution in [1.82, 2.24) is 5.32 Å². The molecule has 0 atom stereocenters. The molecule has 0 bridgehead atoms. The van der Waals surface area contributed by atoms with Crippen molar-refractivity contribution in [2.75, 3.05) is 19.6 Å². The monoisotopic (exact) mass is 124 g/mol. The molecule has 50 valence electrons. The van der Waals surface area contributed by atoms with E-state index in [1.165, 1.54) is 0 Å². The summed E-state index contributed by atoms with van der Waals surface area (Å²) in [6.45, 7) is 0.619. The average Bonchev–Trinajstić information content (AvgIpc) is 1.66. The number of alkyl halides is 2. The highest BCUT2D eigenvalue weighted by molar-refractivity contribution is 4.47.